The summed E-state index contributed by atoms with van der Waals surface area (Å²) in [6.07, 6.45) is 0. The highest BCUT2D eigenvalue weighted by Gasteiger charge is 2.36. The predicted octanol–water partition coefficient (Wildman–Crippen LogP) is 4.00. The summed E-state index contributed by atoms with van der Waals surface area (Å²) >= 11 is 18.1. The molecule has 6 heteroatoms. The number of benzene rings is 2. The van der Waals surface area contributed by atoms with Gasteiger partial charge in [-0.3, -0.25) is 9.59 Å². The second kappa shape index (κ2) is 4.48. The molecule has 0 aromatic heterocycles. The number of anilines is 1. The van der Waals surface area contributed by atoms with E-state index < -0.39 is 11.6 Å². The molecule has 0 atom stereocenters. The molecule has 2 aromatic carbocycles. The number of hydrogen-bond donors (Lipinski definition) is 1. The molecule has 0 spiro atoms. The van der Waals surface area contributed by atoms with Gasteiger partial charge >= 0.3 is 0 Å². The Balaban J connectivity index is 2.46. The third-order valence-electron chi connectivity index (χ3n) is 3.20. The summed E-state index contributed by atoms with van der Waals surface area (Å²) < 4.78 is 0. The number of hydrogen-bond acceptors (Lipinski definition) is 3. The number of nitrogens with two attached hydrogens (primary N) is 1. The predicted molar refractivity (Wildman–Crippen MR) is 79.2 cm³/mol. The van der Waals surface area contributed by atoms with E-state index in [2.05, 4.69) is 0 Å². The molecule has 2 aromatic rings. The topological polar surface area (TPSA) is 60.2 Å². The van der Waals surface area contributed by atoms with Gasteiger partial charge in [-0.2, -0.15) is 0 Å². The van der Waals surface area contributed by atoms with Gasteiger partial charge in [0.2, 0.25) is 0 Å². The Bertz CT molecular complexity index is 670. The van der Waals surface area contributed by atoms with Crippen LogP contribution in [0, 0.1) is 0 Å². The first-order valence-electron chi connectivity index (χ1n) is 5.59. The van der Waals surface area contributed by atoms with Crippen molar-refractivity contribution in [2.75, 3.05) is 5.73 Å². The molecule has 2 N–H and O–H groups in total. The van der Waals surface area contributed by atoms with Gasteiger partial charge in [-0.1, -0.05) is 34.8 Å². The maximum atomic E-state index is 12.6. The molecule has 1 aliphatic carbocycles. The number of carbonyl (C=O) groups excluding carboxylic acids is 2. The number of ketones is 2. The fourth-order valence-corrected chi connectivity index (χ4v) is 3.04. The zero-order valence-electron chi connectivity index (χ0n) is 9.84. The van der Waals surface area contributed by atoms with E-state index in [-0.39, 0.29) is 43.0 Å². The van der Waals surface area contributed by atoms with Crippen molar-refractivity contribution in [1.82, 2.24) is 0 Å². The molecule has 0 radical (unpaired) electrons. The molecule has 0 heterocycles. The van der Waals surface area contributed by atoms with E-state index in [1.807, 2.05) is 0 Å². The molecule has 0 aliphatic heterocycles. The van der Waals surface area contributed by atoms with Crippen molar-refractivity contribution in [3.8, 4) is 0 Å². The Kier molecular flexibility index (Phi) is 3.01. The van der Waals surface area contributed by atoms with E-state index in [0.29, 0.717) is 0 Å². The summed E-state index contributed by atoms with van der Waals surface area (Å²) in [5, 5.41) is 0.480. The quantitative estimate of drug-likeness (QED) is 0.635. The van der Waals surface area contributed by atoms with Gasteiger partial charge in [-0.05, 0) is 24.3 Å². The largest absolute Gasteiger partial charge is 0.398 e. The molecular formula is C14H6Cl3NO2. The minimum absolute atomic E-state index is 0.0733. The Morgan fingerprint density at radius 2 is 1.00 bits per heavy atom. The molecule has 1 aliphatic rings. The molecule has 100 valence electrons. The van der Waals surface area contributed by atoms with E-state index >= 15 is 0 Å². The van der Waals surface area contributed by atoms with E-state index in [1.165, 1.54) is 24.3 Å². The van der Waals surface area contributed by atoms with Crippen LogP contribution in [0.4, 0.5) is 5.69 Å². The van der Waals surface area contributed by atoms with Gasteiger partial charge in [0.1, 0.15) is 0 Å². The lowest BCUT2D eigenvalue weighted by Crippen LogP contribution is -2.23. The summed E-state index contributed by atoms with van der Waals surface area (Å²) in [6, 6.07) is 5.90. The van der Waals surface area contributed by atoms with Crippen LogP contribution in [0.2, 0.25) is 15.1 Å². The number of halogens is 3. The van der Waals surface area contributed by atoms with Crippen LogP contribution >= 0.6 is 34.8 Å². The minimum atomic E-state index is -0.445. The summed E-state index contributed by atoms with van der Waals surface area (Å²) in [6.45, 7) is 0. The van der Waals surface area contributed by atoms with Crippen molar-refractivity contribution in [3.05, 3.63) is 61.6 Å². The SMILES string of the molecule is Nc1ccc(Cl)c2c1C(=O)c1c(Cl)ccc(Cl)c1C2=O. The van der Waals surface area contributed by atoms with Gasteiger partial charge in [0.05, 0.1) is 37.3 Å². The molecular weight excluding hydrogens is 321 g/mol. The summed E-state index contributed by atoms with van der Waals surface area (Å²) in [7, 11) is 0. The van der Waals surface area contributed by atoms with Crippen molar-refractivity contribution < 1.29 is 9.59 Å². The van der Waals surface area contributed by atoms with Crippen LogP contribution in [0.1, 0.15) is 31.8 Å². The van der Waals surface area contributed by atoms with Gasteiger partial charge in [0, 0.05) is 5.69 Å². The highest BCUT2D eigenvalue weighted by Crippen LogP contribution is 2.40. The Hall–Kier alpha value is -1.55. The van der Waals surface area contributed by atoms with E-state index in [4.69, 9.17) is 40.5 Å². The van der Waals surface area contributed by atoms with E-state index in [1.54, 1.807) is 0 Å². The second-order valence-corrected chi connectivity index (χ2v) is 5.55. The average molecular weight is 327 g/mol. The van der Waals surface area contributed by atoms with Crippen LogP contribution in [0.5, 0.6) is 0 Å². The molecule has 0 unspecified atom stereocenters. The molecule has 0 amide bonds. The van der Waals surface area contributed by atoms with Crippen LogP contribution in [-0.4, -0.2) is 11.6 Å². The maximum Gasteiger partial charge on any atom is 0.198 e. The Morgan fingerprint density at radius 1 is 0.650 bits per heavy atom. The standard InChI is InChI=1S/C14H6Cl3NO2/c15-5-1-2-6(16)10-9(5)13(19)11-7(17)3-4-8(18)12(11)14(10)20/h1-4H,18H2. The first-order valence-corrected chi connectivity index (χ1v) is 6.72. The summed E-state index contributed by atoms with van der Waals surface area (Å²) in [5.74, 6) is -0.887. The zero-order chi connectivity index (χ0) is 14.6. The monoisotopic (exact) mass is 325 g/mol. The van der Waals surface area contributed by atoms with Gasteiger partial charge in [0.15, 0.2) is 11.6 Å². The molecule has 0 saturated heterocycles. The van der Waals surface area contributed by atoms with Crippen LogP contribution < -0.4 is 5.73 Å². The number of carbonyl (C=O) groups is 2. The minimum Gasteiger partial charge on any atom is -0.398 e. The van der Waals surface area contributed by atoms with E-state index in [9.17, 15) is 9.59 Å². The van der Waals surface area contributed by atoms with Gasteiger partial charge in [-0.15, -0.1) is 0 Å². The van der Waals surface area contributed by atoms with Crippen molar-refractivity contribution in [1.29, 1.82) is 0 Å². The molecule has 0 fully saturated rings. The lowest BCUT2D eigenvalue weighted by molar-refractivity contribution is 0.0980. The van der Waals surface area contributed by atoms with Gasteiger partial charge < -0.3 is 5.73 Å². The maximum absolute atomic E-state index is 12.6. The Labute approximate surface area is 129 Å². The average Bonchev–Trinajstić information content (AvgIpc) is 2.41. The summed E-state index contributed by atoms with van der Waals surface area (Å²) in [4.78, 5) is 25.1. The highest BCUT2D eigenvalue weighted by molar-refractivity contribution is 6.46. The number of fused-ring (bicyclic) bond motifs is 2. The number of rotatable bonds is 0. The van der Waals surface area contributed by atoms with Gasteiger partial charge in [-0.25, -0.2) is 0 Å². The Morgan fingerprint density at radius 3 is 1.50 bits per heavy atom. The number of nitrogen functional groups attached to an aromatic ring is 1. The normalized spacial score (nSPS) is 13.2. The van der Waals surface area contributed by atoms with Crippen molar-refractivity contribution >= 4 is 52.1 Å². The lowest BCUT2D eigenvalue weighted by atomic mass is 9.83. The molecule has 0 bridgehead atoms. The fourth-order valence-electron chi connectivity index (χ4n) is 2.31. The molecule has 20 heavy (non-hydrogen) atoms. The first kappa shape index (κ1) is 13.4. The van der Waals surface area contributed by atoms with Crippen LogP contribution in [0.3, 0.4) is 0 Å². The zero-order valence-corrected chi connectivity index (χ0v) is 12.1. The smallest absolute Gasteiger partial charge is 0.198 e. The third kappa shape index (κ3) is 1.67. The summed E-state index contributed by atoms with van der Waals surface area (Å²) in [5.41, 5.74) is 6.29. The van der Waals surface area contributed by atoms with Crippen LogP contribution in [0.15, 0.2) is 24.3 Å². The molecule has 3 nitrogen and oxygen atoms in total. The van der Waals surface area contributed by atoms with Crippen LogP contribution in [0.25, 0.3) is 0 Å². The fraction of sp³-hybridized carbons (Fsp3) is 0. The van der Waals surface area contributed by atoms with Gasteiger partial charge in [0.25, 0.3) is 0 Å². The lowest BCUT2D eigenvalue weighted by Gasteiger charge is -2.21. The third-order valence-corrected chi connectivity index (χ3v) is 4.14. The van der Waals surface area contributed by atoms with Crippen molar-refractivity contribution in [2.45, 2.75) is 0 Å². The molecule has 3 rings (SSSR count). The van der Waals surface area contributed by atoms with Crippen molar-refractivity contribution in [3.63, 3.8) is 0 Å². The highest BCUT2D eigenvalue weighted by atomic mass is 35.5. The second-order valence-electron chi connectivity index (χ2n) is 4.32. The molecule has 0 saturated carbocycles. The first-order chi connectivity index (χ1) is 9.43. The van der Waals surface area contributed by atoms with E-state index in [0.717, 1.165) is 0 Å². The van der Waals surface area contributed by atoms with Crippen LogP contribution in [-0.2, 0) is 0 Å². The van der Waals surface area contributed by atoms with Crippen molar-refractivity contribution in [2.24, 2.45) is 0 Å².